The van der Waals surface area contributed by atoms with E-state index in [1.807, 2.05) is 0 Å². The molecule has 0 bridgehead atoms. The van der Waals surface area contributed by atoms with E-state index >= 15 is 0 Å². The number of piperidine rings is 1. The number of likely N-dealkylation sites (tertiary alicyclic amines) is 1. The highest BCUT2D eigenvalue weighted by Gasteiger charge is 2.22. The van der Waals surface area contributed by atoms with Crippen LogP contribution >= 0.6 is 0 Å². The Morgan fingerprint density at radius 2 is 1.89 bits per heavy atom. The number of aryl methyl sites for hydroxylation is 2. The molecule has 3 nitrogen and oxygen atoms in total. The van der Waals surface area contributed by atoms with Crippen LogP contribution in [0.25, 0.3) is 0 Å². The molecule has 0 radical (unpaired) electrons. The van der Waals surface area contributed by atoms with Crippen molar-refractivity contribution in [2.45, 2.75) is 32.7 Å². The average molecular weight is 261 g/mol. The molecule has 1 heterocycles. The first kappa shape index (κ1) is 14.4. The SMILES string of the molecule is Cc1ccc(N(C)C2CCN(CCN)CC2)cc1C. The van der Waals surface area contributed by atoms with Crippen molar-refractivity contribution in [3.05, 3.63) is 29.3 Å². The standard InChI is InChI=1S/C16H27N3/c1-13-4-5-16(12-14(13)2)18(3)15-6-9-19(10-7-15)11-8-17/h4-5,12,15H,6-11,17H2,1-3H3. The van der Waals surface area contributed by atoms with Crippen LogP contribution in [0.15, 0.2) is 18.2 Å². The first-order valence-corrected chi connectivity index (χ1v) is 7.34. The van der Waals surface area contributed by atoms with Crippen LogP contribution in [0.3, 0.4) is 0 Å². The van der Waals surface area contributed by atoms with Crippen LogP contribution < -0.4 is 10.6 Å². The summed E-state index contributed by atoms with van der Waals surface area (Å²) in [6, 6.07) is 7.44. The number of hydrogen-bond donors (Lipinski definition) is 1. The van der Waals surface area contributed by atoms with Gasteiger partial charge in [-0.1, -0.05) is 6.07 Å². The van der Waals surface area contributed by atoms with E-state index in [1.54, 1.807) is 0 Å². The second kappa shape index (κ2) is 6.40. The van der Waals surface area contributed by atoms with E-state index in [1.165, 1.54) is 42.7 Å². The zero-order valence-electron chi connectivity index (χ0n) is 12.5. The Kier molecular flexibility index (Phi) is 4.83. The van der Waals surface area contributed by atoms with E-state index in [0.717, 1.165) is 13.1 Å². The average Bonchev–Trinajstić information content (AvgIpc) is 2.42. The van der Waals surface area contributed by atoms with Crippen LogP contribution in [-0.2, 0) is 0 Å². The molecule has 1 aromatic rings. The first-order chi connectivity index (χ1) is 9.11. The van der Waals surface area contributed by atoms with Gasteiger partial charge < -0.3 is 15.5 Å². The van der Waals surface area contributed by atoms with Gasteiger partial charge >= 0.3 is 0 Å². The molecular formula is C16H27N3. The lowest BCUT2D eigenvalue weighted by Crippen LogP contribution is -2.44. The summed E-state index contributed by atoms with van der Waals surface area (Å²) < 4.78 is 0. The molecule has 0 aromatic heterocycles. The molecule has 0 unspecified atom stereocenters. The Morgan fingerprint density at radius 3 is 2.47 bits per heavy atom. The predicted molar refractivity (Wildman–Crippen MR) is 82.8 cm³/mol. The molecule has 1 aliphatic rings. The Balaban J connectivity index is 1.97. The van der Waals surface area contributed by atoms with Crippen molar-refractivity contribution in [3.8, 4) is 0 Å². The van der Waals surface area contributed by atoms with Gasteiger partial charge in [-0.15, -0.1) is 0 Å². The van der Waals surface area contributed by atoms with E-state index in [0.29, 0.717) is 6.04 Å². The second-order valence-electron chi connectivity index (χ2n) is 5.74. The molecule has 0 amide bonds. The van der Waals surface area contributed by atoms with E-state index < -0.39 is 0 Å². The van der Waals surface area contributed by atoms with Crippen LogP contribution in [0.4, 0.5) is 5.69 Å². The largest absolute Gasteiger partial charge is 0.372 e. The summed E-state index contributed by atoms with van der Waals surface area (Å²) >= 11 is 0. The first-order valence-electron chi connectivity index (χ1n) is 7.34. The van der Waals surface area contributed by atoms with Crippen LogP contribution in [0.1, 0.15) is 24.0 Å². The van der Waals surface area contributed by atoms with Crippen molar-refractivity contribution >= 4 is 5.69 Å². The monoisotopic (exact) mass is 261 g/mol. The lowest BCUT2D eigenvalue weighted by atomic mass is 10.0. The van der Waals surface area contributed by atoms with Crippen molar-refractivity contribution in [2.24, 2.45) is 5.73 Å². The van der Waals surface area contributed by atoms with Gasteiger partial charge in [-0.2, -0.15) is 0 Å². The summed E-state index contributed by atoms with van der Waals surface area (Å²) in [5.74, 6) is 0. The number of hydrogen-bond acceptors (Lipinski definition) is 3. The molecule has 2 rings (SSSR count). The highest BCUT2D eigenvalue weighted by atomic mass is 15.2. The van der Waals surface area contributed by atoms with Crippen molar-refractivity contribution in [1.82, 2.24) is 4.90 Å². The summed E-state index contributed by atoms with van der Waals surface area (Å²) in [6.07, 6.45) is 2.48. The van der Waals surface area contributed by atoms with Gasteiger partial charge in [0, 0.05) is 45.0 Å². The second-order valence-corrected chi connectivity index (χ2v) is 5.74. The molecular weight excluding hydrogens is 234 g/mol. The Labute approximate surface area is 117 Å². The number of benzene rings is 1. The minimum atomic E-state index is 0.663. The molecule has 106 valence electrons. The molecule has 1 aromatic carbocycles. The molecule has 0 spiro atoms. The van der Waals surface area contributed by atoms with E-state index in [9.17, 15) is 0 Å². The fourth-order valence-corrected chi connectivity index (χ4v) is 2.87. The highest BCUT2D eigenvalue weighted by Crippen LogP contribution is 2.24. The summed E-state index contributed by atoms with van der Waals surface area (Å²) in [6.45, 7) is 8.53. The Bertz CT molecular complexity index is 408. The lowest BCUT2D eigenvalue weighted by Gasteiger charge is -2.37. The van der Waals surface area contributed by atoms with Crippen LogP contribution in [0.2, 0.25) is 0 Å². The summed E-state index contributed by atoms with van der Waals surface area (Å²) in [5, 5.41) is 0. The van der Waals surface area contributed by atoms with Gasteiger partial charge in [0.25, 0.3) is 0 Å². The fraction of sp³-hybridized carbons (Fsp3) is 0.625. The number of anilines is 1. The zero-order chi connectivity index (χ0) is 13.8. The third-order valence-electron chi connectivity index (χ3n) is 4.45. The van der Waals surface area contributed by atoms with Gasteiger partial charge in [-0.05, 0) is 49.9 Å². The summed E-state index contributed by atoms with van der Waals surface area (Å²) in [4.78, 5) is 4.93. The topological polar surface area (TPSA) is 32.5 Å². The van der Waals surface area contributed by atoms with Crippen molar-refractivity contribution in [2.75, 3.05) is 38.1 Å². The molecule has 19 heavy (non-hydrogen) atoms. The Hall–Kier alpha value is -1.06. The molecule has 0 atom stereocenters. The van der Waals surface area contributed by atoms with Crippen LogP contribution in [0, 0.1) is 13.8 Å². The third-order valence-corrected chi connectivity index (χ3v) is 4.45. The molecule has 2 N–H and O–H groups in total. The number of nitrogens with two attached hydrogens (primary N) is 1. The normalized spacial score (nSPS) is 17.7. The van der Waals surface area contributed by atoms with Crippen molar-refractivity contribution < 1.29 is 0 Å². The smallest absolute Gasteiger partial charge is 0.0368 e. The molecule has 1 aliphatic heterocycles. The van der Waals surface area contributed by atoms with Crippen molar-refractivity contribution in [3.63, 3.8) is 0 Å². The molecule has 0 saturated carbocycles. The van der Waals surface area contributed by atoms with E-state index in [-0.39, 0.29) is 0 Å². The summed E-state index contributed by atoms with van der Waals surface area (Å²) in [5.41, 5.74) is 9.72. The van der Waals surface area contributed by atoms with Gasteiger partial charge in [-0.25, -0.2) is 0 Å². The van der Waals surface area contributed by atoms with Gasteiger partial charge in [0.15, 0.2) is 0 Å². The highest BCUT2D eigenvalue weighted by molar-refractivity contribution is 5.50. The van der Waals surface area contributed by atoms with Gasteiger partial charge in [0.1, 0.15) is 0 Å². The third kappa shape index (κ3) is 3.48. The van der Waals surface area contributed by atoms with Crippen LogP contribution in [-0.4, -0.2) is 44.2 Å². The van der Waals surface area contributed by atoms with Gasteiger partial charge in [-0.3, -0.25) is 0 Å². The predicted octanol–water partition coefficient (Wildman–Crippen LogP) is 2.16. The maximum atomic E-state index is 5.62. The fourth-order valence-electron chi connectivity index (χ4n) is 2.87. The minimum Gasteiger partial charge on any atom is -0.372 e. The Morgan fingerprint density at radius 1 is 1.21 bits per heavy atom. The van der Waals surface area contributed by atoms with Crippen molar-refractivity contribution in [1.29, 1.82) is 0 Å². The van der Waals surface area contributed by atoms with Gasteiger partial charge in [0.2, 0.25) is 0 Å². The zero-order valence-corrected chi connectivity index (χ0v) is 12.5. The lowest BCUT2D eigenvalue weighted by molar-refractivity contribution is 0.216. The minimum absolute atomic E-state index is 0.663. The quantitative estimate of drug-likeness (QED) is 0.901. The number of rotatable bonds is 4. The maximum absolute atomic E-state index is 5.62. The molecule has 1 saturated heterocycles. The molecule has 3 heteroatoms. The van der Waals surface area contributed by atoms with E-state index in [4.69, 9.17) is 5.73 Å². The molecule has 1 fully saturated rings. The number of nitrogens with zero attached hydrogens (tertiary/aromatic N) is 2. The van der Waals surface area contributed by atoms with E-state index in [2.05, 4.69) is 48.9 Å². The van der Waals surface area contributed by atoms with Gasteiger partial charge in [0.05, 0.1) is 0 Å². The maximum Gasteiger partial charge on any atom is 0.0368 e. The van der Waals surface area contributed by atoms with Crippen LogP contribution in [0.5, 0.6) is 0 Å². The molecule has 0 aliphatic carbocycles. The summed E-state index contributed by atoms with van der Waals surface area (Å²) in [7, 11) is 2.23.